The molecule has 6 heteroatoms. The summed E-state index contributed by atoms with van der Waals surface area (Å²) >= 11 is 0. The van der Waals surface area contributed by atoms with E-state index in [1.165, 1.54) is 4.31 Å². The molecule has 21 heavy (non-hydrogen) atoms. The van der Waals surface area contributed by atoms with Gasteiger partial charge in [0.25, 0.3) is 0 Å². The second kappa shape index (κ2) is 5.35. The number of hydrogen-bond donors (Lipinski definition) is 2. The molecule has 0 aliphatic carbocycles. The highest BCUT2D eigenvalue weighted by Crippen LogP contribution is 2.29. The van der Waals surface area contributed by atoms with Crippen molar-refractivity contribution in [1.82, 2.24) is 9.62 Å². The van der Waals surface area contributed by atoms with E-state index in [2.05, 4.69) is 5.32 Å². The Balaban J connectivity index is 1.99. The fraction of sp³-hybridized carbons (Fsp3) is 0.600. The summed E-state index contributed by atoms with van der Waals surface area (Å²) in [5.41, 5.74) is 1.06. The maximum atomic E-state index is 12.9. The standard InChI is InChI=1S/C15H22N2O3S/c1-15(18)7-3-9-17(11-15)21(19,20)14-5-2-4-12-10-16-8-6-13(12)14/h2,4-5,16,18H,3,6-11H2,1H3. The van der Waals surface area contributed by atoms with Crippen molar-refractivity contribution in [2.75, 3.05) is 19.6 Å². The Hall–Kier alpha value is -0.950. The number of β-amino-alcohol motifs (C(OH)–C–C–N with tert-alkyl or cyclic N) is 1. The predicted octanol–water partition coefficient (Wildman–Crippen LogP) is 0.868. The third-order valence-corrected chi connectivity index (χ3v) is 6.28. The van der Waals surface area contributed by atoms with E-state index in [0.717, 1.165) is 30.6 Å². The first kappa shape index (κ1) is 15.0. The lowest BCUT2D eigenvalue weighted by molar-refractivity contribution is 0.00938. The summed E-state index contributed by atoms with van der Waals surface area (Å²) in [7, 11) is -3.53. The summed E-state index contributed by atoms with van der Waals surface area (Å²) in [6.07, 6.45) is 2.08. The van der Waals surface area contributed by atoms with Crippen LogP contribution in [-0.4, -0.2) is 43.1 Å². The van der Waals surface area contributed by atoms with Crippen LogP contribution in [-0.2, 0) is 23.0 Å². The maximum absolute atomic E-state index is 12.9. The van der Waals surface area contributed by atoms with Crippen molar-refractivity contribution in [3.05, 3.63) is 29.3 Å². The number of fused-ring (bicyclic) bond motifs is 1. The Morgan fingerprint density at radius 2 is 2.19 bits per heavy atom. The van der Waals surface area contributed by atoms with Crippen molar-refractivity contribution in [1.29, 1.82) is 0 Å². The first-order chi connectivity index (χ1) is 9.90. The molecule has 1 aromatic rings. The lowest BCUT2D eigenvalue weighted by atomic mass is 9.97. The van der Waals surface area contributed by atoms with E-state index in [1.54, 1.807) is 19.1 Å². The maximum Gasteiger partial charge on any atom is 0.243 e. The number of nitrogens with one attached hydrogen (secondary N) is 1. The van der Waals surface area contributed by atoms with Gasteiger partial charge in [0.2, 0.25) is 10.0 Å². The van der Waals surface area contributed by atoms with E-state index in [0.29, 0.717) is 24.3 Å². The third-order valence-electron chi connectivity index (χ3n) is 4.35. The monoisotopic (exact) mass is 310 g/mol. The first-order valence-electron chi connectivity index (χ1n) is 7.44. The molecule has 2 N–H and O–H groups in total. The molecule has 1 unspecified atom stereocenters. The zero-order valence-corrected chi connectivity index (χ0v) is 13.1. The summed E-state index contributed by atoms with van der Waals surface area (Å²) in [6, 6.07) is 5.48. The van der Waals surface area contributed by atoms with Crippen molar-refractivity contribution < 1.29 is 13.5 Å². The van der Waals surface area contributed by atoms with Crippen molar-refractivity contribution in [2.24, 2.45) is 0 Å². The Labute approximate surface area is 126 Å². The Bertz CT molecular complexity index is 640. The topological polar surface area (TPSA) is 69.6 Å². The van der Waals surface area contributed by atoms with Gasteiger partial charge in [-0.2, -0.15) is 4.31 Å². The highest BCUT2D eigenvalue weighted by Gasteiger charge is 2.36. The van der Waals surface area contributed by atoms with Gasteiger partial charge in [0.05, 0.1) is 10.5 Å². The van der Waals surface area contributed by atoms with Crippen LogP contribution in [0.25, 0.3) is 0 Å². The molecule has 1 saturated heterocycles. The Morgan fingerprint density at radius 1 is 1.38 bits per heavy atom. The van der Waals surface area contributed by atoms with E-state index in [9.17, 15) is 13.5 Å². The molecule has 2 aliphatic rings. The molecular formula is C15H22N2O3S. The zero-order valence-electron chi connectivity index (χ0n) is 12.3. The second-order valence-corrected chi connectivity index (χ2v) is 8.17. The Kier molecular flexibility index (Phi) is 3.81. The third kappa shape index (κ3) is 2.85. The van der Waals surface area contributed by atoms with Gasteiger partial charge in [0.15, 0.2) is 0 Å². The van der Waals surface area contributed by atoms with Gasteiger partial charge in [-0.3, -0.25) is 0 Å². The summed E-state index contributed by atoms with van der Waals surface area (Å²) < 4.78 is 27.3. The minimum Gasteiger partial charge on any atom is -0.389 e. The van der Waals surface area contributed by atoms with E-state index in [-0.39, 0.29) is 6.54 Å². The first-order valence-corrected chi connectivity index (χ1v) is 8.88. The molecule has 1 atom stereocenters. The molecule has 1 fully saturated rings. The van der Waals surface area contributed by atoms with Crippen LogP contribution in [0.15, 0.2) is 23.1 Å². The zero-order chi connectivity index (χ0) is 15.1. The van der Waals surface area contributed by atoms with Gasteiger partial charge < -0.3 is 10.4 Å². The fourth-order valence-electron chi connectivity index (χ4n) is 3.26. The van der Waals surface area contributed by atoms with Crippen LogP contribution in [0.1, 0.15) is 30.9 Å². The Morgan fingerprint density at radius 3 is 2.95 bits per heavy atom. The molecule has 0 saturated carbocycles. The minimum absolute atomic E-state index is 0.178. The van der Waals surface area contributed by atoms with Crippen molar-refractivity contribution in [3.63, 3.8) is 0 Å². The molecule has 5 nitrogen and oxygen atoms in total. The number of nitrogens with zero attached hydrogens (tertiary/aromatic N) is 1. The molecular weight excluding hydrogens is 288 g/mol. The SMILES string of the molecule is CC1(O)CCCN(S(=O)(=O)c2cccc3c2CCNC3)C1. The summed E-state index contributed by atoms with van der Waals surface area (Å²) in [5, 5.41) is 13.4. The van der Waals surface area contributed by atoms with Crippen LogP contribution in [0.5, 0.6) is 0 Å². The van der Waals surface area contributed by atoms with Crippen LogP contribution in [0, 0.1) is 0 Å². The summed E-state index contributed by atoms with van der Waals surface area (Å²) in [6.45, 7) is 3.89. The van der Waals surface area contributed by atoms with Crippen molar-refractivity contribution in [2.45, 2.75) is 43.2 Å². The van der Waals surface area contributed by atoms with E-state index in [4.69, 9.17) is 0 Å². The van der Waals surface area contributed by atoms with E-state index in [1.807, 2.05) is 6.07 Å². The van der Waals surface area contributed by atoms with E-state index >= 15 is 0 Å². The minimum atomic E-state index is -3.53. The average Bonchev–Trinajstić information content (AvgIpc) is 2.45. The molecule has 0 amide bonds. The number of hydrogen-bond acceptors (Lipinski definition) is 4. The molecule has 0 radical (unpaired) electrons. The quantitative estimate of drug-likeness (QED) is 0.850. The molecule has 0 aromatic heterocycles. The smallest absolute Gasteiger partial charge is 0.243 e. The molecule has 116 valence electrons. The van der Waals surface area contributed by atoms with Crippen molar-refractivity contribution in [3.8, 4) is 0 Å². The van der Waals surface area contributed by atoms with Crippen LogP contribution in [0.2, 0.25) is 0 Å². The van der Waals surface area contributed by atoms with Gasteiger partial charge in [-0.15, -0.1) is 0 Å². The number of benzene rings is 1. The molecule has 2 aliphatic heterocycles. The predicted molar refractivity (Wildman–Crippen MR) is 80.5 cm³/mol. The van der Waals surface area contributed by atoms with Crippen molar-refractivity contribution >= 4 is 10.0 Å². The largest absolute Gasteiger partial charge is 0.389 e. The molecule has 2 heterocycles. The summed E-state index contributed by atoms with van der Waals surface area (Å²) in [4.78, 5) is 0.416. The van der Waals surface area contributed by atoms with Crippen LogP contribution in [0.4, 0.5) is 0 Å². The lowest BCUT2D eigenvalue weighted by Gasteiger charge is -2.36. The van der Waals surface area contributed by atoms with Crippen LogP contribution >= 0.6 is 0 Å². The lowest BCUT2D eigenvalue weighted by Crippen LogP contribution is -2.48. The number of piperidine rings is 1. The number of aliphatic hydroxyl groups is 1. The number of rotatable bonds is 2. The normalized spacial score (nSPS) is 27.3. The average molecular weight is 310 g/mol. The van der Waals surface area contributed by atoms with E-state index < -0.39 is 15.6 Å². The molecule has 3 rings (SSSR count). The van der Waals surface area contributed by atoms with Crippen LogP contribution < -0.4 is 5.32 Å². The molecule has 1 aromatic carbocycles. The van der Waals surface area contributed by atoms with Gasteiger partial charge >= 0.3 is 0 Å². The van der Waals surface area contributed by atoms with Crippen LogP contribution in [0.3, 0.4) is 0 Å². The van der Waals surface area contributed by atoms with Gasteiger partial charge in [-0.05, 0) is 49.9 Å². The highest BCUT2D eigenvalue weighted by atomic mass is 32.2. The highest BCUT2D eigenvalue weighted by molar-refractivity contribution is 7.89. The number of sulfonamides is 1. The van der Waals surface area contributed by atoms with Gasteiger partial charge in [-0.1, -0.05) is 12.1 Å². The summed E-state index contributed by atoms with van der Waals surface area (Å²) in [5.74, 6) is 0. The van der Waals surface area contributed by atoms with Gasteiger partial charge in [0.1, 0.15) is 0 Å². The fourth-order valence-corrected chi connectivity index (χ4v) is 5.15. The van der Waals surface area contributed by atoms with Gasteiger partial charge in [0, 0.05) is 19.6 Å². The molecule has 0 bridgehead atoms. The second-order valence-electron chi connectivity index (χ2n) is 6.26. The molecule has 0 spiro atoms. The van der Waals surface area contributed by atoms with Gasteiger partial charge in [-0.25, -0.2) is 8.42 Å².